The lowest BCUT2D eigenvalue weighted by Crippen LogP contribution is -2.30. The first-order valence-electron chi connectivity index (χ1n) is 7.98. The highest BCUT2D eigenvalue weighted by atomic mass is 35.5. The van der Waals surface area contributed by atoms with Crippen LogP contribution in [0.1, 0.15) is 22.8 Å². The number of likely N-dealkylation sites (N-methyl/N-ethyl adjacent to an activating group) is 1. The SMILES string of the molecule is CCOc1ccc(CN(C)C(=O)COC(=O)c2cc(Cl)cc(Cl)c2)cc1. The molecule has 2 aromatic rings. The zero-order chi connectivity index (χ0) is 19.1. The number of hydrogen-bond acceptors (Lipinski definition) is 4. The Morgan fingerprint density at radius 3 is 2.23 bits per heavy atom. The lowest BCUT2D eigenvalue weighted by Gasteiger charge is -2.17. The summed E-state index contributed by atoms with van der Waals surface area (Å²) in [7, 11) is 1.64. The van der Waals surface area contributed by atoms with Gasteiger partial charge in [0.25, 0.3) is 5.91 Å². The molecule has 0 N–H and O–H groups in total. The summed E-state index contributed by atoms with van der Waals surface area (Å²) in [5.74, 6) is -0.197. The van der Waals surface area contributed by atoms with Gasteiger partial charge < -0.3 is 14.4 Å². The molecule has 0 saturated carbocycles. The summed E-state index contributed by atoms with van der Waals surface area (Å²) in [4.78, 5) is 25.6. The molecule has 0 radical (unpaired) electrons. The minimum Gasteiger partial charge on any atom is -0.494 e. The number of ether oxygens (including phenoxy) is 2. The average Bonchev–Trinajstić information content (AvgIpc) is 2.60. The molecule has 0 aliphatic rings. The van der Waals surface area contributed by atoms with Crippen molar-refractivity contribution < 1.29 is 19.1 Å². The standard InChI is InChI=1S/C19H19Cl2NO4/c1-3-25-17-6-4-13(5-7-17)11-22(2)18(23)12-26-19(24)14-8-15(20)10-16(21)9-14/h4-10H,3,11-12H2,1-2H3. The van der Waals surface area contributed by atoms with Crippen LogP contribution in [0.4, 0.5) is 0 Å². The third kappa shape index (κ3) is 5.93. The number of rotatable bonds is 7. The van der Waals surface area contributed by atoms with Gasteiger partial charge in [0.2, 0.25) is 0 Å². The van der Waals surface area contributed by atoms with Crippen LogP contribution in [0, 0.1) is 0 Å². The van der Waals surface area contributed by atoms with Crippen molar-refractivity contribution in [2.75, 3.05) is 20.3 Å². The maximum atomic E-state index is 12.2. The van der Waals surface area contributed by atoms with E-state index in [0.29, 0.717) is 23.2 Å². The van der Waals surface area contributed by atoms with Gasteiger partial charge in [0, 0.05) is 23.6 Å². The molecule has 0 unspecified atom stereocenters. The first kappa shape index (κ1) is 20.1. The van der Waals surface area contributed by atoms with Crippen molar-refractivity contribution in [2.24, 2.45) is 0 Å². The normalized spacial score (nSPS) is 10.3. The fraction of sp³-hybridized carbons (Fsp3) is 0.263. The van der Waals surface area contributed by atoms with Gasteiger partial charge in [-0.2, -0.15) is 0 Å². The van der Waals surface area contributed by atoms with E-state index in [9.17, 15) is 9.59 Å². The third-order valence-electron chi connectivity index (χ3n) is 3.50. The Labute approximate surface area is 162 Å². The first-order valence-corrected chi connectivity index (χ1v) is 8.73. The fourth-order valence-electron chi connectivity index (χ4n) is 2.21. The zero-order valence-electron chi connectivity index (χ0n) is 14.5. The number of hydrogen-bond donors (Lipinski definition) is 0. The predicted octanol–water partition coefficient (Wildman–Crippen LogP) is 4.21. The lowest BCUT2D eigenvalue weighted by atomic mass is 10.2. The number of nitrogens with zero attached hydrogens (tertiary/aromatic N) is 1. The van der Waals surface area contributed by atoms with Gasteiger partial charge in [-0.05, 0) is 42.8 Å². The molecule has 0 saturated heterocycles. The topological polar surface area (TPSA) is 55.8 Å². The van der Waals surface area contributed by atoms with Crippen LogP contribution < -0.4 is 4.74 Å². The van der Waals surface area contributed by atoms with Crippen LogP contribution in [0.15, 0.2) is 42.5 Å². The van der Waals surface area contributed by atoms with E-state index in [0.717, 1.165) is 11.3 Å². The number of amides is 1. The summed E-state index contributed by atoms with van der Waals surface area (Å²) in [6, 6.07) is 11.8. The van der Waals surface area contributed by atoms with Gasteiger partial charge in [-0.15, -0.1) is 0 Å². The molecule has 1 amide bonds. The highest BCUT2D eigenvalue weighted by Gasteiger charge is 2.15. The van der Waals surface area contributed by atoms with E-state index < -0.39 is 5.97 Å². The second kappa shape index (κ2) is 9.46. The third-order valence-corrected chi connectivity index (χ3v) is 3.94. The van der Waals surface area contributed by atoms with E-state index in [4.69, 9.17) is 32.7 Å². The molecule has 0 aliphatic heterocycles. The van der Waals surface area contributed by atoms with Gasteiger partial charge in [-0.3, -0.25) is 4.79 Å². The first-order chi connectivity index (χ1) is 12.4. The Morgan fingerprint density at radius 2 is 1.65 bits per heavy atom. The van der Waals surface area contributed by atoms with Crippen LogP contribution in [0.5, 0.6) is 5.75 Å². The molecule has 2 rings (SSSR count). The maximum absolute atomic E-state index is 12.2. The molecule has 2 aromatic carbocycles. The second-order valence-electron chi connectivity index (χ2n) is 5.56. The molecular weight excluding hydrogens is 377 g/mol. The Balaban J connectivity index is 1.87. The van der Waals surface area contributed by atoms with Crippen LogP contribution in [0.25, 0.3) is 0 Å². The van der Waals surface area contributed by atoms with E-state index in [1.807, 2.05) is 31.2 Å². The maximum Gasteiger partial charge on any atom is 0.338 e. The molecule has 7 heteroatoms. The van der Waals surface area contributed by atoms with E-state index in [1.54, 1.807) is 7.05 Å². The molecule has 138 valence electrons. The van der Waals surface area contributed by atoms with Crippen molar-refractivity contribution >= 4 is 35.1 Å². The Morgan fingerprint density at radius 1 is 1.04 bits per heavy atom. The van der Waals surface area contributed by atoms with Crippen molar-refractivity contribution in [3.63, 3.8) is 0 Å². The quantitative estimate of drug-likeness (QED) is 0.658. The lowest BCUT2D eigenvalue weighted by molar-refractivity contribution is -0.133. The Kier molecular flexibility index (Phi) is 7.30. The molecule has 0 spiro atoms. The average molecular weight is 396 g/mol. The summed E-state index contributed by atoms with van der Waals surface area (Å²) in [6.07, 6.45) is 0. The van der Waals surface area contributed by atoms with Crippen molar-refractivity contribution in [3.8, 4) is 5.75 Å². The van der Waals surface area contributed by atoms with Crippen molar-refractivity contribution in [2.45, 2.75) is 13.5 Å². The van der Waals surface area contributed by atoms with Crippen LogP contribution in [-0.4, -0.2) is 37.0 Å². The Bertz CT molecular complexity index is 757. The van der Waals surface area contributed by atoms with E-state index >= 15 is 0 Å². The highest BCUT2D eigenvalue weighted by Crippen LogP contribution is 2.19. The number of carbonyl (C=O) groups is 2. The minimum absolute atomic E-state index is 0.199. The number of carbonyl (C=O) groups excluding carboxylic acids is 2. The molecular formula is C19H19Cl2NO4. The van der Waals surface area contributed by atoms with Crippen LogP contribution in [0.3, 0.4) is 0 Å². The number of halogens is 2. The summed E-state index contributed by atoms with van der Waals surface area (Å²) >= 11 is 11.7. The van der Waals surface area contributed by atoms with E-state index in [-0.39, 0.29) is 18.1 Å². The minimum atomic E-state index is -0.655. The summed E-state index contributed by atoms with van der Waals surface area (Å²) in [5.41, 5.74) is 1.14. The predicted molar refractivity (Wildman–Crippen MR) is 101 cm³/mol. The molecule has 0 atom stereocenters. The van der Waals surface area contributed by atoms with Gasteiger partial charge in [0.1, 0.15) is 5.75 Å². The van der Waals surface area contributed by atoms with Crippen molar-refractivity contribution in [3.05, 3.63) is 63.6 Å². The number of esters is 1. The Hall–Kier alpha value is -2.24. The smallest absolute Gasteiger partial charge is 0.338 e. The van der Waals surface area contributed by atoms with Gasteiger partial charge in [0.05, 0.1) is 12.2 Å². The van der Waals surface area contributed by atoms with Crippen molar-refractivity contribution in [1.29, 1.82) is 0 Å². The van der Waals surface area contributed by atoms with E-state index in [1.165, 1.54) is 23.1 Å². The van der Waals surface area contributed by atoms with E-state index in [2.05, 4.69) is 0 Å². The highest BCUT2D eigenvalue weighted by molar-refractivity contribution is 6.35. The zero-order valence-corrected chi connectivity index (χ0v) is 16.0. The van der Waals surface area contributed by atoms with Crippen LogP contribution >= 0.6 is 23.2 Å². The van der Waals surface area contributed by atoms with Crippen LogP contribution in [-0.2, 0) is 16.1 Å². The second-order valence-corrected chi connectivity index (χ2v) is 6.43. The van der Waals surface area contributed by atoms with Gasteiger partial charge in [0.15, 0.2) is 6.61 Å². The summed E-state index contributed by atoms with van der Waals surface area (Å²) < 4.78 is 10.4. The van der Waals surface area contributed by atoms with Gasteiger partial charge >= 0.3 is 5.97 Å². The monoisotopic (exact) mass is 395 g/mol. The molecule has 26 heavy (non-hydrogen) atoms. The molecule has 0 aliphatic carbocycles. The molecule has 0 fully saturated rings. The van der Waals surface area contributed by atoms with Gasteiger partial charge in [-0.1, -0.05) is 35.3 Å². The molecule has 0 bridgehead atoms. The largest absolute Gasteiger partial charge is 0.494 e. The fourth-order valence-corrected chi connectivity index (χ4v) is 2.74. The van der Waals surface area contributed by atoms with Gasteiger partial charge in [-0.25, -0.2) is 4.79 Å². The summed E-state index contributed by atoms with van der Waals surface area (Å²) in [6.45, 7) is 2.54. The van der Waals surface area contributed by atoms with Crippen LogP contribution in [0.2, 0.25) is 10.0 Å². The summed E-state index contributed by atoms with van der Waals surface area (Å²) in [5, 5.41) is 0.645. The number of benzene rings is 2. The van der Waals surface area contributed by atoms with Crippen molar-refractivity contribution in [1.82, 2.24) is 4.90 Å². The molecule has 5 nitrogen and oxygen atoms in total. The molecule has 0 aromatic heterocycles. The molecule has 0 heterocycles.